The van der Waals surface area contributed by atoms with Crippen LogP contribution >= 0.6 is 35.5 Å². The van der Waals surface area contributed by atoms with Crippen LogP contribution in [-0.2, 0) is 5.75 Å². The molecule has 2 aliphatic rings. The van der Waals surface area contributed by atoms with Gasteiger partial charge in [-0.05, 0) is 54.1 Å². The molecule has 0 saturated carbocycles. The summed E-state index contributed by atoms with van der Waals surface area (Å²) in [4.78, 5) is 0. The molecule has 1 N–H and O–H groups in total. The van der Waals surface area contributed by atoms with Crippen LogP contribution in [0, 0.1) is 0 Å². The van der Waals surface area contributed by atoms with Gasteiger partial charge in [0.15, 0.2) is 0 Å². The number of thiophene rings is 1. The van der Waals surface area contributed by atoms with Crippen molar-refractivity contribution in [2.75, 3.05) is 13.1 Å². The first-order chi connectivity index (χ1) is 9.93. The zero-order valence-electron chi connectivity index (χ0n) is 11.7. The summed E-state index contributed by atoms with van der Waals surface area (Å²) in [5.41, 5.74) is 7.60. The van der Waals surface area contributed by atoms with Crippen molar-refractivity contribution in [1.29, 1.82) is 0 Å². The Balaban J connectivity index is 0.00000132. The summed E-state index contributed by atoms with van der Waals surface area (Å²) in [6, 6.07) is 11.3. The van der Waals surface area contributed by atoms with Crippen LogP contribution in [0.5, 0.6) is 0 Å². The summed E-state index contributed by atoms with van der Waals surface area (Å²) in [6.07, 6.45) is 2.37. The Hall–Kier alpha value is -0.740. The van der Waals surface area contributed by atoms with E-state index in [1.54, 1.807) is 5.57 Å². The lowest BCUT2D eigenvalue weighted by Gasteiger charge is -2.21. The summed E-state index contributed by atoms with van der Waals surface area (Å²) in [7, 11) is 0. The van der Waals surface area contributed by atoms with Gasteiger partial charge in [0.05, 0.1) is 4.21 Å². The molecule has 4 heteroatoms. The Kier molecular flexibility index (Phi) is 4.75. The second kappa shape index (κ2) is 6.57. The van der Waals surface area contributed by atoms with Crippen LogP contribution in [0.25, 0.3) is 5.57 Å². The SMILES string of the molecule is Cl.c1ccc2c(c1)CSc1sccc1C2=C1CCNCC1. The van der Waals surface area contributed by atoms with E-state index in [1.807, 2.05) is 23.1 Å². The lowest BCUT2D eigenvalue weighted by molar-refractivity contribution is 0.611. The van der Waals surface area contributed by atoms with Crippen molar-refractivity contribution in [3.63, 3.8) is 0 Å². The number of piperidine rings is 1. The van der Waals surface area contributed by atoms with Gasteiger partial charge in [0.2, 0.25) is 0 Å². The summed E-state index contributed by atoms with van der Waals surface area (Å²) in [5, 5.41) is 5.72. The molecule has 1 aromatic carbocycles. The van der Waals surface area contributed by atoms with Gasteiger partial charge < -0.3 is 5.32 Å². The molecule has 21 heavy (non-hydrogen) atoms. The average molecular weight is 336 g/mol. The minimum atomic E-state index is 0. The fraction of sp³-hybridized carbons (Fsp3) is 0.294. The Bertz CT molecular complexity index is 667. The van der Waals surface area contributed by atoms with Crippen molar-refractivity contribution in [3.05, 3.63) is 58.0 Å². The number of hydrogen-bond donors (Lipinski definition) is 1. The van der Waals surface area contributed by atoms with Gasteiger partial charge >= 0.3 is 0 Å². The van der Waals surface area contributed by atoms with E-state index in [2.05, 4.69) is 41.0 Å². The van der Waals surface area contributed by atoms with Crippen molar-refractivity contribution < 1.29 is 0 Å². The molecular weight excluding hydrogens is 318 g/mol. The highest BCUT2D eigenvalue weighted by Crippen LogP contribution is 2.45. The van der Waals surface area contributed by atoms with Gasteiger partial charge in [-0.1, -0.05) is 29.8 Å². The first-order valence-electron chi connectivity index (χ1n) is 7.15. The van der Waals surface area contributed by atoms with E-state index in [0.29, 0.717) is 0 Å². The maximum Gasteiger partial charge on any atom is 0.0680 e. The molecule has 1 aromatic heterocycles. The number of halogens is 1. The average Bonchev–Trinajstić information content (AvgIpc) is 2.90. The molecule has 0 amide bonds. The van der Waals surface area contributed by atoms with Gasteiger partial charge in [0.1, 0.15) is 0 Å². The summed E-state index contributed by atoms with van der Waals surface area (Å²) >= 11 is 3.89. The Morgan fingerprint density at radius 2 is 1.76 bits per heavy atom. The normalized spacial score (nSPS) is 17.5. The predicted molar refractivity (Wildman–Crippen MR) is 95.7 cm³/mol. The number of rotatable bonds is 0. The van der Waals surface area contributed by atoms with Gasteiger partial charge in [-0.15, -0.1) is 35.5 Å². The molecular formula is C17H18ClNS2. The number of thioether (sulfide) groups is 1. The van der Waals surface area contributed by atoms with Crippen molar-refractivity contribution in [2.24, 2.45) is 0 Å². The monoisotopic (exact) mass is 335 g/mol. The molecule has 0 radical (unpaired) electrons. The minimum Gasteiger partial charge on any atom is -0.316 e. The lowest BCUT2D eigenvalue weighted by Crippen LogP contribution is -2.23. The number of nitrogens with one attached hydrogen (secondary N) is 1. The van der Waals surface area contributed by atoms with Crippen LogP contribution in [0.15, 0.2) is 45.5 Å². The van der Waals surface area contributed by atoms with Crippen LogP contribution in [0.1, 0.15) is 29.5 Å². The highest BCUT2D eigenvalue weighted by atomic mass is 35.5. The zero-order chi connectivity index (χ0) is 13.4. The Morgan fingerprint density at radius 1 is 0.952 bits per heavy atom. The number of benzene rings is 1. The maximum atomic E-state index is 3.47. The molecule has 4 rings (SSSR count). The topological polar surface area (TPSA) is 12.0 Å². The van der Waals surface area contributed by atoms with Crippen LogP contribution in [0.2, 0.25) is 0 Å². The third-order valence-electron chi connectivity index (χ3n) is 4.11. The van der Waals surface area contributed by atoms with Gasteiger partial charge in [0, 0.05) is 11.3 Å². The van der Waals surface area contributed by atoms with Gasteiger partial charge in [-0.2, -0.15) is 0 Å². The van der Waals surface area contributed by atoms with Gasteiger partial charge in [0.25, 0.3) is 0 Å². The molecule has 3 heterocycles. The van der Waals surface area contributed by atoms with Crippen molar-refractivity contribution in [2.45, 2.75) is 22.8 Å². The second-order valence-corrected chi connectivity index (χ2v) is 7.46. The van der Waals surface area contributed by atoms with E-state index in [9.17, 15) is 0 Å². The standard InChI is InChI=1S/C17H17NS2.ClH/c1-2-4-14-13(3-1)11-20-17-15(7-10-19-17)16(14)12-5-8-18-9-6-12;/h1-4,7,10,18H,5-6,8-9,11H2;1H. The minimum absolute atomic E-state index is 0. The molecule has 0 unspecified atom stereocenters. The summed E-state index contributed by atoms with van der Waals surface area (Å²) < 4.78 is 1.49. The van der Waals surface area contributed by atoms with Crippen LogP contribution < -0.4 is 5.32 Å². The third kappa shape index (κ3) is 2.80. The molecule has 0 bridgehead atoms. The smallest absolute Gasteiger partial charge is 0.0680 e. The maximum absolute atomic E-state index is 3.47. The molecule has 0 spiro atoms. The predicted octanol–water partition coefficient (Wildman–Crippen LogP) is 4.96. The molecule has 2 aliphatic heterocycles. The molecule has 0 atom stereocenters. The summed E-state index contributed by atoms with van der Waals surface area (Å²) in [6.45, 7) is 2.24. The Morgan fingerprint density at radius 3 is 2.62 bits per heavy atom. The first-order valence-corrected chi connectivity index (χ1v) is 9.02. The van der Waals surface area contributed by atoms with E-state index in [0.717, 1.165) is 18.8 Å². The van der Waals surface area contributed by atoms with Gasteiger partial charge in [-0.25, -0.2) is 0 Å². The molecule has 1 fully saturated rings. The fourth-order valence-electron chi connectivity index (χ4n) is 3.13. The number of fused-ring (bicyclic) bond motifs is 2. The quantitative estimate of drug-likeness (QED) is 0.730. The lowest BCUT2D eigenvalue weighted by atomic mass is 9.88. The molecule has 110 valence electrons. The highest BCUT2D eigenvalue weighted by Gasteiger charge is 2.22. The summed E-state index contributed by atoms with van der Waals surface area (Å²) in [5.74, 6) is 1.10. The van der Waals surface area contributed by atoms with Crippen molar-refractivity contribution in [1.82, 2.24) is 5.32 Å². The van der Waals surface area contributed by atoms with E-state index in [1.165, 1.54) is 39.3 Å². The molecule has 1 saturated heterocycles. The third-order valence-corrected chi connectivity index (χ3v) is 6.39. The van der Waals surface area contributed by atoms with Crippen molar-refractivity contribution >= 4 is 41.1 Å². The fourth-order valence-corrected chi connectivity index (χ4v) is 5.23. The van der Waals surface area contributed by atoms with Crippen molar-refractivity contribution in [3.8, 4) is 0 Å². The highest BCUT2D eigenvalue weighted by molar-refractivity contribution is 8.00. The zero-order valence-corrected chi connectivity index (χ0v) is 14.2. The molecule has 2 aromatic rings. The molecule has 1 nitrogen and oxygen atoms in total. The first kappa shape index (κ1) is 15.2. The van der Waals surface area contributed by atoms with Gasteiger partial charge in [-0.3, -0.25) is 0 Å². The van der Waals surface area contributed by atoms with E-state index >= 15 is 0 Å². The largest absolute Gasteiger partial charge is 0.316 e. The second-order valence-electron chi connectivity index (χ2n) is 5.30. The van der Waals surface area contributed by atoms with E-state index in [-0.39, 0.29) is 12.4 Å². The van der Waals surface area contributed by atoms with Crippen LogP contribution in [-0.4, -0.2) is 13.1 Å². The van der Waals surface area contributed by atoms with E-state index < -0.39 is 0 Å². The van der Waals surface area contributed by atoms with Crippen LogP contribution in [0.3, 0.4) is 0 Å². The molecule has 0 aliphatic carbocycles. The Labute approximate surface area is 140 Å². The van der Waals surface area contributed by atoms with E-state index in [4.69, 9.17) is 0 Å². The van der Waals surface area contributed by atoms with Crippen LogP contribution in [0.4, 0.5) is 0 Å². The number of hydrogen-bond acceptors (Lipinski definition) is 3.